The number of carboxylic acids is 1. The molecular formula is C10H10BrNO3. The summed E-state index contributed by atoms with van der Waals surface area (Å²) in [6.45, 7) is 3.07. The van der Waals surface area contributed by atoms with Crippen LogP contribution in [0, 0.1) is 4.91 Å². The Labute approximate surface area is 95.4 Å². The number of carbonyl (C=O) groups is 1. The molecule has 0 radical (unpaired) electrons. The van der Waals surface area contributed by atoms with Gasteiger partial charge in [-0.3, -0.25) is 4.79 Å². The van der Waals surface area contributed by atoms with Crippen LogP contribution in [0.3, 0.4) is 0 Å². The molecule has 5 heteroatoms. The third-order valence-electron chi connectivity index (χ3n) is 2.27. The number of hydrogen-bond acceptors (Lipinski definition) is 3. The van der Waals surface area contributed by atoms with Gasteiger partial charge in [0.05, 0.1) is 5.41 Å². The largest absolute Gasteiger partial charge is 0.481 e. The van der Waals surface area contributed by atoms with Gasteiger partial charge < -0.3 is 5.11 Å². The summed E-state index contributed by atoms with van der Waals surface area (Å²) in [4.78, 5) is 21.6. The fourth-order valence-electron chi connectivity index (χ4n) is 1.22. The van der Waals surface area contributed by atoms with Crippen LogP contribution in [0.2, 0.25) is 0 Å². The van der Waals surface area contributed by atoms with Crippen LogP contribution < -0.4 is 0 Å². The van der Waals surface area contributed by atoms with Crippen LogP contribution in [0.25, 0.3) is 0 Å². The third kappa shape index (κ3) is 2.23. The molecule has 15 heavy (non-hydrogen) atoms. The van der Waals surface area contributed by atoms with Crippen molar-refractivity contribution in [3.63, 3.8) is 0 Å². The van der Waals surface area contributed by atoms with Crippen LogP contribution in [0.15, 0.2) is 27.8 Å². The van der Waals surface area contributed by atoms with E-state index in [1.165, 1.54) is 19.9 Å². The molecule has 0 unspecified atom stereocenters. The van der Waals surface area contributed by atoms with Gasteiger partial charge >= 0.3 is 5.97 Å². The number of rotatable bonds is 3. The van der Waals surface area contributed by atoms with Crippen molar-refractivity contribution in [1.82, 2.24) is 0 Å². The molecule has 1 rings (SSSR count). The minimum absolute atomic E-state index is 0.150. The highest BCUT2D eigenvalue weighted by molar-refractivity contribution is 9.10. The van der Waals surface area contributed by atoms with Gasteiger partial charge in [-0.1, -0.05) is 22.0 Å². The Kier molecular flexibility index (Phi) is 3.24. The van der Waals surface area contributed by atoms with Crippen LogP contribution in [-0.2, 0) is 10.2 Å². The Morgan fingerprint density at radius 1 is 1.47 bits per heavy atom. The lowest BCUT2D eigenvalue weighted by atomic mass is 9.84. The third-order valence-corrected chi connectivity index (χ3v) is 2.76. The first-order valence-corrected chi connectivity index (χ1v) is 5.05. The molecule has 0 aliphatic carbocycles. The van der Waals surface area contributed by atoms with Crippen molar-refractivity contribution in [2.24, 2.45) is 5.18 Å². The van der Waals surface area contributed by atoms with E-state index >= 15 is 0 Å². The van der Waals surface area contributed by atoms with Gasteiger partial charge in [0.15, 0.2) is 0 Å². The lowest BCUT2D eigenvalue weighted by molar-refractivity contribution is -0.142. The molecule has 0 atom stereocenters. The van der Waals surface area contributed by atoms with Crippen LogP contribution in [0.1, 0.15) is 19.4 Å². The first kappa shape index (κ1) is 11.8. The van der Waals surface area contributed by atoms with E-state index < -0.39 is 11.4 Å². The fourth-order valence-corrected chi connectivity index (χ4v) is 1.57. The Morgan fingerprint density at radius 2 is 2.07 bits per heavy atom. The minimum atomic E-state index is -1.12. The van der Waals surface area contributed by atoms with Gasteiger partial charge in [-0.25, -0.2) is 0 Å². The Hall–Kier alpha value is -1.23. The van der Waals surface area contributed by atoms with Gasteiger partial charge in [-0.15, -0.1) is 4.91 Å². The molecule has 0 amide bonds. The Balaban J connectivity index is 3.37. The summed E-state index contributed by atoms with van der Waals surface area (Å²) in [5.41, 5.74) is -0.561. The van der Waals surface area contributed by atoms with Gasteiger partial charge in [0, 0.05) is 4.47 Å². The molecule has 0 aromatic heterocycles. The molecule has 0 saturated heterocycles. The van der Waals surface area contributed by atoms with Crippen molar-refractivity contribution in [3.8, 4) is 0 Å². The van der Waals surface area contributed by atoms with E-state index in [0.717, 1.165) is 0 Å². The summed E-state index contributed by atoms with van der Waals surface area (Å²) in [5.74, 6) is -0.991. The molecule has 1 aromatic carbocycles. The molecule has 1 aromatic rings. The van der Waals surface area contributed by atoms with Gasteiger partial charge in [-0.2, -0.15) is 0 Å². The molecule has 0 saturated carbocycles. The monoisotopic (exact) mass is 271 g/mol. The zero-order valence-electron chi connectivity index (χ0n) is 8.32. The minimum Gasteiger partial charge on any atom is -0.481 e. The average molecular weight is 272 g/mol. The summed E-state index contributed by atoms with van der Waals surface area (Å²) in [5, 5.41) is 11.9. The Bertz CT molecular complexity index is 415. The van der Waals surface area contributed by atoms with Crippen molar-refractivity contribution in [2.75, 3.05) is 0 Å². The van der Waals surface area contributed by atoms with Crippen LogP contribution in [0.4, 0.5) is 5.69 Å². The van der Waals surface area contributed by atoms with Crippen molar-refractivity contribution in [2.45, 2.75) is 19.3 Å². The first-order valence-electron chi connectivity index (χ1n) is 4.26. The van der Waals surface area contributed by atoms with Crippen molar-refractivity contribution < 1.29 is 9.90 Å². The number of nitrogens with zero attached hydrogens (tertiary/aromatic N) is 1. The summed E-state index contributed by atoms with van der Waals surface area (Å²) >= 11 is 3.19. The highest BCUT2D eigenvalue weighted by Gasteiger charge is 2.32. The van der Waals surface area contributed by atoms with Gasteiger partial charge in [-0.05, 0) is 36.7 Å². The number of benzene rings is 1. The summed E-state index contributed by atoms with van der Waals surface area (Å²) < 4.78 is 0.696. The van der Waals surface area contributed by atoms with Crippen molar-refractivity contribution in [1.29, 1.82) is 0 Å². The van der Waals surface area contributed by atoms with E-state index in [1.807, 2.05) is 0 Å². The predicted molar refractivity (Wildman–Crippen MR) is 60.3 cm³/mol. The first-order chi connectivity index (χ1) is 6.89. The average Bonchev–Trinajstić information content (AvgIpc) is 2.16. The molecular weight excluding hydrogens is 262 g/mol. The lowest BCUT2D eigenvalue weighted by Crippen LogP contribution is -2.28. The number of hydrogen-bond donors (Lipinski definition) is 1. The Morgan fingerprint density at radius 3 is 2.53 bits per heavy atom. The molecule has 1 N–H and O–H groups in total. The highest BCUT2D eigenvalue weighted by Crippen LogP contribution is 2.34. The van der Waals surface area contributed by atoms with Crippen LogP contribution >= 0.6 is 15.9 Å². The predicted octanol–water partition coefficient (Wildman–Crippen LogP) is 3.21. The summed E-state index contributed by atoms with van der Waals surface area (Å²) in [6.07, 6.45) is 0. The molecule has 0 heterocycles. The van der Waals surface area contributed by atoms with Crippen molar-refractivity contribution in [3.05, 3.63) is 33.1 Å². The standard InChI is InChI=1S/C10H10BrNO3/c1-10(2,9(13)14)7-4-3-6(11)5-8(7)12-15/h3-5H,1-2H3,(H,13,14). The fraction of sp³-hybridized carbons (Fsp3) is 0.300. The van der Waals surface area contributed by atoms with E-state index in [4.69, 9.17) is 5.11 Å². The maximum atomic E-state index is 11.0. The van der Waals surface area contributed by atoms with Crippen LogP contribution in [-0.4, -0.2) is 11.1 Å². The molecule has 0 aliphatic heterocycles. The van der Waals surface area contributed by atoms with Crippen molar-refractivity contribution >= 4 is 27.6 Å². The molecule has 0 aliphatic rings. The van der Waals surface area contributed by atoms with E-state index in [1.54, 1.807) is 12.1 Å². The zero-order valence-corrected chi connectivity index (χ0v) is 9.91. The van der Waals surface area contributed by atoms with Crippen LogP contribution in [0.5, 0.6) is 0 Å². The lowest BCUT2D eigenvalue weighted by Gasteiger charge is -2.20. The van der Waals surface area contributed by atoms with Gasteiger partial charge in [0.1, 0.15) is 5.69 Å². The summed E-state index contributed by atoms with van der Waals surface area (Å²) in [6, 6.07) is 4.79. The number of halogens is 1. The zero-order chi connectivity index (χ0) is 11.6. The summed E-state index contributed by atoms with van der Waals surface area (Å²) in [7, 11) is 0. The number of carboxylic acid groups (broad SMARTS) is 1. The smallest absolute Gasteiger partial charge is 0.313 e. The van der Waals surface area contributed by atoms with E-state index in [9.17, 15) is 9.70 Å². The molecule has 0 bridgehead atoms. The quantitative estimate of drug-likeness (QED) is 0.859. The second-order valence-corrected chi connectivity index (χ2v) is 4.60. The normalized spacial score (nSPS) is 11.1. The second-order valence-electron chi connectivity index (χ2n) is 3.68. The number of nitroso groups, excluding NO2 is 1. The van der Waals surface area contributed by atoms with Gasteiger partial charge in [0.25, 0.3) is 0 Å². The maximum absolute atomic E-state index is 11.0. The van der Waals surface area contributed by atoms with E-state index in [-0.39, 0.29) is 5.69 Å². The van der Waals surface area contributed by atoms with Gasteiger partial charge in [0.2, 0.25) is 0 Å². The molecule has 4 nitrogen and oxygen atoms in total. The highest BCUT2D eigenvalue weighted by atomic mass is 79.9. The van der Waals surface area contributed by atoms with E-state index in [0.29, 0.717) is 10.0 Å². The van der Waals surface area contributed by atoms with E-state index in [2.05, 4.69) is 21.1 Å². The second kappa shape index (κ2) is 4.10. The molecule has 0 spiro atoms. The SMILES string of the molecule is CC(C)(C(=O)O)c1ccc(Br)cc1N=O. The number of aliphatic carboxylic acids is 1. The molecule has 80 valence electrons. The topological polar surface area (TPSA) is 66.7 Å². The maximum Gasteiger partial charge on any atom is 0.313 e. The molecule has 0 fully saturated rings.